The van der Waals surface area contributed by atoms with Gasteiger partial charge in [-0.05, 0) is 35.9 Å². The number of rotatable bonds is 4. The monoisotopic (exact) mass is 299 g/mol. The summed E-state index contributed by atoms with van der Waals surface area (Å²) in [5.74, 6) is 0.596. The maximum absolute atomic E-state index is 12.4. The number of nitriles is 1. The van der Waals surface area contributed by atoms with E-state index < -0.39 is 9.84 Å². The third-order valence-electron chi connectivity index (χ3n) is 2.84. The Hall–Kier alpha value is -2.58. The van der Waals surface area contributed by atoms with Gasteiger partial charge in [0.1, 0.15) is 16.7 Å². The van der Waals surface area contributed by atoms with E-state index in [4.69, 9.17) is 4.74 Å². The predicted molar refractivity (Wildman–Crippen MR) is 80.2 cm³/mol. The molecule has 21 heavy (non-hydrogen) atoms. The number of benzene rings is 2. The van der Waals surface area contributed by atoms with Gasteiger partial charge in [0.2, 0.25) is 9.84 Å². The van der Waals surface area contributed by atoms with Gasteiger partial charge in [-0.25, -0.2) is 8.42 Å². The smallest absolute Gasteiger partial charge is 0.216 e. The third-order valence-corrected chi connectivity index (χ3v) is 4.53. The number of allylic oxidation sites excluding steroid dienone is 1. The molecule has 0 aliphatic carbocycles. The van der Waals surface area contributed by atoms with Crippen LogP contribution in [0.2, 0.25) is 0 Å². The highest BCUT2D eigenvalue weighted by molar-refractivity contribution is 7.95. The summed E-state index contributed by atoms with van der Waals surface area (Å²) in [6.07, 6.45) is 1.34. The van der Waals surface area contributed by atoms with E-state index in [0.717, 1.165) is 0 Å². The maximum atomic E-state index is 12.4. The second-order valence-electron chi connectivity index (χ2n) is 4.21. The van der Waals surface area contributed by atoms with Crippen molar-refractivity contribution in [3.63, 3.8) is 0 Å². The first-order valence-electron chi connectivity index (χ1n) is 6.14. The van der Waals surface area contributed by atoms with Crippen LogP contribution in [0.5, 0.6) is 5.75 Å². The molecule has 0 aromatic heterocycles. The molecule has 0 saturated heterocycles. The standard InChI is InChI=1S/C16H13NO3S/c1-20-14-7-5-6-13(10-14)11-16(12-17)21(18,19)15-8-3-2-4-9-15/h2-11H,1H3/b16-11-. The molecule has 2 aromatic carbocycles. The Morgan fingerprint density at radius 2 is 1.86 bits per heavy atom. The lowest BCUT2D eigenvalue weighted by Gasteiger charge is -2.04. The van der Waals surface area contributed by atoms with Crippen LogP contribution in [-0.4, -0.2) is 15.5 Å². The van der Waals surface area contributed by atoms with Crippen molar-refractivity contribution in [2.45, 2.75) is 4.90 Å². The number of hydrogen-bond donors (Lipinski definition) is 0. The lowest BCUT2D eigenvalue weighted by atomic mass is 10.2. The number of ether oxygens (including phenoxy) is 1. The molecule has 0 aliphatic heterocycles. The number of methoxy groups -OCH3 is 1. The minimum atomic E-state index is -3.81. The molecule has 0 radical (unpaired) electrons. The maximum Gasteiger partial charge on any atom is 0.216 e. The molecule has 0 atom stereocenters. The summed E-state index contributed by atoms with van der Waals surface area (Å²) in [5, 5.41) is 9.18. The zero-order chi connectivity index (χ0) is 15.3. The molecule has 0 heterocycles. The van der Waals surface area contributed by atoms with Crippen LogP contribution in [0.1, 0.15) is 5.56 Å². The Bertz CT molecular complexity index is 803. The Balaban J connectivity index is 2.49. The van der Waals surface area contributed by atoms with Crippen molar-refractivity contribution < 1.29 is 13.2 Å². The van der Waals surface area contributed by atoms with E-state index in [1.807, 2.05) is 0 Å². The van der Waals surface area contributed by atoms with Crippen LogP contribution < -0.4 is 4.74 Å². The summed E-state index contributed by atoms with van der Waals surface area (Å²) >= 11 is 0. The summed E-state index contributed by atoms with van der Waals surface area (Å²) in [6, 6.07) is 16.5. The van der Waals surface area contributed by atoms with Crippen LogP contribution in [0.4, 0.5) is 0 Å². The molecule has 0 amide bonds. The van der Waals surface area contributed by atoms with Gasteiger partial charge in [-0.15, -0.1) is 0 Å². The van der Waals surface area contributed by atoms with Gasteiger partial charge in [-0.3, -0.25) is 0 Å². The molecule has 4 nitrogen and oxygen atoms in total. The van der Waals surface area contributed by atoms with E-state index in [1.165, 1.54) is 25.3 Å². The van der Waals surface area contributed by atoms with Crippen molar-refractivity contribution in [3.05, 3.63) is 65.1 Å². The minimum Gasteiger partial charge on any atom is -0.497 e. The number of sulfone groups is 1. The molecule has 0 bridgehead atoms. The Morgan fingerprint density at radius 3 is 2.48 bits per heavy atom. The van der Waals surface area contributed by atoms with Crippen LogP contribution in [0.15, 0.2) is 64.4 Å². The summed E-state index contributed by atoms with van der Waals surface area (Å²) in [5.41, 5.74) is 0.588. The van der Waals surface area contributed by atoms with E-state index in [2.05, 4.69) is 0 Å². The number of nitrogens with zero attached hydrogens (tertiary/aromatic N) is 1. The average Bonchev–Trinajstić information content (AvgIpc) is 2.53. The first-order chi connectivity index (χ1) is 10.1. The SMILES string of the molecule is COc1cccc(/C=C(/C#N)S(=O)(=O)c2ccccc2)c1. The Morgan fingerprint density at radius 1 is 1.14 bits per heavy atom. The minimum absolute atomic E-state index is 0.0979. The molecule has 0 unspecified atom stereocenters. The normalized spacial score (nSPS) is 11.7. The fourth-order valence-electron chi connectivity index (χ4n) is 1.78. The summed E-state index contributed by atoms with van der Waals surface area (Å²) in [7, 11) is -2.29. The van der Waals surface area contributed by atoms with Gasteiger partial charge in [-0.2, -0.15) is 5.26 Å². The van der Waals surface area contributed by atoms with Crippen molar-refractivity contribution in [1.29, 1.82) is 5.26 Å². The van der Waals surface area contributed by atoms with Gasteiger partial charge < -0.3 is 4.74 Å². The van der Waals surface area contributed by atoms with E-state index in [1.54, 1.807) is 48.5 Å². The fourth-order valence-corrected chi connectivity index (χ4v) is 2.96. The van der Waals surface area contributed by atoms with E-state index in [0.29, 0.717) is 11.3 Å². The average molecular weight is 299 g/mol. The van der Waals surface area contributed by atoms with Gasteiger partial charge in [-0.1, -0.05) is 30.3 Å². The highest BCUT2D eigenvalue weighted by atomic mass is 32.2. The molecule has 2 rings (SSSR count). The summed E-state index contributed by atoms with van der Waals surface area (Å²) in [6.45, 7) is 0. The lowest BCUT2D eigenvalue weighted by Crippen LogP contribution is -2.03. The Kier molecular flexibility index (Phi) is 4.41. The van der Waals surface area contributed by atoms with Gasteiger partial charge in [0.25, 0.3) is 0 Å². The first kappa shape index (κ1) is 14.8. The van der Waals surface area contributed by atoms with Gasteiger partial charge >= 0.3 is 0 Å². The molecular formula is C16H13NO3S. The fraction of sp³-hybridized carbons (Fsp3) is 0.0625. The lowest BCUT2D eigenvalue weighted by molar-refractivity contribution is 0.414. The van der Waals surface area contributed by atoms with E-state index in [-0.39, 0.29) is 9.80 Å². The van der Waals surface area contributed by atoms with Crippen LogP contribution >= 0.6 is 0 Å². The second kappa shape index (κ2) is 6.25. The largest absolute Gasteiger partial charge is 0.497 e. The molecule has 0 fully saturated rings. The molecule has 0 aliphatic rings. The van der Waals surface area contributed by atoms with Crippen molar-refractivity contribution in [3.8, 4) is 11.8 Å². The first-order valence-corrected chi connectivity index (χ1v) is 7.62. The quantitative estimate of drug-likeness (QED) is 0.814. The zero-order valence-corrected chi connectivity index (χ0v) is 12.2. The van der Waals surface area contributed by atoms with E-state index >= 15 is 0 Å². The predicted octanol–water partition coefficient (Wildman–Crippen LogP) is 3.03. The molecule has 0 saturated carbocycles. The highest BCUT2D eigenvalue weighted by Crippen LogP contribution is 2.22. The van der Waals surface area contributed by atoms with Crippen LogP contribution in [-0.2, 0) is 9.84 Å². The van der Waals surface area contributed by atoms with Gasteiger partial charge in [0.15, 0.2) is 0 Å². The molecular weight excluding hydrogens is 286 g/mol. The Labute approximate surface area is 123 Å². The van der Waals surface area contributed by atoms with Crippen molar-refractivity contribution in [2.75, 3.05) is 7.11 Å². The molecule has 5 heteroatoms. The van der Waals surface area contributed by atoms with Crippen LogP contribution in [0.3, 0.4) is 0 Å². The summed E-state index contributed by atoms with van der Waals surface area (Å²) < 4.78 is 29.9. The number of hydrogen-bond acceptors (Lipinski definition) is 4. The molecule has 2 aromatic rings. The molecule has 0 N–H and O–H groups in total. The molecule has 0 spiro atoms. The van der Waals surface area contributed by atoms with Gasteiger partial charge in [0, 0.05) is 0 Å². The zero-order valence-electron chi connectivity index (χ0n) is 11.4. The topological polar surface area (TPSA) is 67.2 Å². The van der Waals surface area contributed by atoms with Crippen molar-refractivity contribution >= 4 is 15.9 Å². The highest BCUT2D eigenvalue weighted by Gasteiger charge is 2.20. The summed E-state index contributed by atoms with van der Waals surface area (Å²) in [4.78, 5) is -0.206. The van der Waals surface area contributed by atoms with Crippen LogP contribution in [0, 0.1) is 11.3 Å². The van der Waals surface area contributed by atoms with E-state index in [9.17, 15) is 13.7 Å². The van der Waals surface area contributed by atoms with Gasteiger partial charge in [0.05, 0.1) is 12.0 Å². The second-order valence-corrected chi connectivity index (χ2v) is 6.13. The van der Waals surface area contributed by atoms with Crippen LogP contribution in [0.25, 0.3) is 6.08 Å². The van der Waals surface area contributed by atoms with Crippen molar-refractivity contribution in [2.24, 2.45) is 0 Å². The third kappa shape index (κ3) is 3.30. The molecule has 106 valence electrons. The van der Waals surface area contributed by atoms with Crippen molar-refractivity contribution in [1.82, 2.24) is 0 Å².